The highest BCUT2D eigenvalue weighted by molar-refractivity contribution is 8.00. The van der Waals surface area contributed by atoms with Crippen LogP contribution in [0.1, 0.15) is 11.1 Å². The van der Waals surface area contributed by atoms with Crippen molar-refractivity contribution >= 4 is 17.6 Å². The van der Waals surface area contributed by atoms with E-state index in [9.17, 15) is 18.0 Å². The molecule has 0 amide bonds. The highest BCUT2D eigenvalue weighted by Gasteiger charge is 2.35. The van der Waals surface area contributed by atoms with Gasteiger partial charge in [0, 0.05) is 6.07 Å². The molecule has 0 spiro atoms. The Morgan fingerprint density at radius 2 is 2.25 bits per heavy atom. The van der Waals surface area contributed by atoms with Crippen molar-refractivity contribution in [2.45, 2.75) is 11.2 Å². The number of H-pyrrole nitrogens is 1. The first kappa shape index (κ1) is 15.9. The number of nitrogens with one attached hydrogen (secondary N) is 2. The Labute approximate surface area is 114 Å². The summed E-state index contributed by atoms with van der Waals surface area (Å²) in [5.41, 5.74) is -0.805. The van der Waals surface area contributed by atoms with Gasteiger partial charge in [-0.2, -0.15) is 23.5 Å². The smallest absolute Gasteiger partial charge is 0.322 e. The fourth-order valence-corrected chi connectivity index (χ4v) is 2.15. The molecule has 20 heavy (non-hydrogen) atoms. The van der Waals surface area contributed by atoms with Crippen LogP contribution in [0.3, 0.4) is 0 Å². The molecule has 0 bridgehead atoms. The van der Waals surface area contributed by atoms with E-state index in [0.717, 1.165) is 11.8 Å². The maximum atomic E-state index is 12.7. The van der Waals surface area contributed by atoms with Gasteiger partial charge in [-0.1, -0.05) is 11.8 Å². The number of hydrazine groups is 1. The predicted octanol–water partition coefficient (Wildman–Crippen LogP) is 0.0930. The molecule has 0 radical (unpaired) electrons. The Hall–Kier alpha value is -2.19. The van der Waals surface area contributed by atoms with E-state index in [1.54, 1.807) is 0 Å². The van der Waals surface area contributed by atoms with Gasteiger partial charge in [0.05, 0.1) is 21.9 Å². The van der Waals surface area contributed by atoms with Gasteiger partial charge in [-0.05, 0) is 0 Å². The molecule has 0 atom stereocenters. The standard InChI is InChI=1S/C9H9F3N6OS/c10-9(11,12)5-1-7(19)16-8(4(5)2-13)20-3-6(17-14)18-15/h1H,3,14-15H2,(H,16,19)(H,17,18). The summed E-state index contributed by atoms with van der Waals surface area (Å²) in [5.74, 6) is 10.1. The molecule has 1 aromatic heterocycles. The molecular weight excluding hydrogens is 297 g/mol. The summed E-state index contributed by atoms with van der Waals surface area (Å²) in [4.78, 5) is 13.4. The molecule has 6 N–H and O–H groups in total. The number of amidine groups is 1. The number of rotatable bonds is 3. The first-order valence-corrected chi connectivity index (χ1v) is 5.92. The van der Waals surface area contributed by atoms with E-state index in [0.29, 0.717) is 6.07 Å². The number of hydrogen-bond donors (Lipinski definition) is 4. The zero-order valence-electron chi connectivity index (χ0n) is 9.78. The SMILES string of the molecule is N#Cc1c(C(F)(F)F)cc(=O)[nH]c1SC/C(=N/N)NN. The first-order valence-electron chi connectivity index (χ1n) is 4.94. The molecule has 0 aliphatic rings. The van der Waals surface area contributed by atoms with Crippen LogP contribution in [0.2, 0.25) is 0 Å². The third-order valence-corrected chi connectivity index (χ3v) is 3.11. The second-order valence-electron chi connectivity index (χ2n) is 3.37. The number of thioether (sulfide) groups is 1. The van der Waals surface area contributed by atoms with Crippen molar-refractivity contribution in [3.8, 4) is 6.07 Å². The summed E-state index contributed by atoms with van der Waals surface area (Å²) in [7, 11) is 0. The van der Waals surface area contributed by atoms with Gasteiger partial charge >= 0.3 is 6.18 Å². The number of aromatic amines is 1. The molecule has 0 aliphatic heterocycles. The summed E-state index contributed by atoms with van der Waals surface area (Å²) in [5, 5.41) is 11.9. The van der Waals surface area contributed by atoms with Gasteiger partial charge in [0.2, 0.25) is 5.56 Å². The zero-order valence-corrected chi connectivity index (χ0v) is 10.6. The van der Waals surface area contributed by atoms with E-state index >= 15 is 0 Å². The second kappa shape index (κ2) is 6.31. The Kier molecular flexibility index (Phi) is 5.00. The summed E-state index contributed by atoms with van der Waals surface area (Å²) < 4.78 is 38.2. The maximum absolute atomic E-state index is 12.7. The lowest BCUT2D eigenvalue weighted by Gasteiger charge is -2.11. The molecule has 108 valence electrons. The maximum Gasteiger partial charge on any atom is 0.417 e. The van der Waals surface area contributed by atoms with E-state index in [2.05, 4.69) is 15.5 Å². The third kappa shape index (κ3) is 3.65. The molecule has 0 saturated heterocycles. The topological polar surface area (TPSA) is 133 Å². The molecule has 1 rings (SSSR count). The number of alkyl halides is 3. The lowest BCUT2D eigenvalue weighted by Crippen LogP contribution is -2.33. The monoisotopic (exact) mass is 306 g/mol. The molecule has 1 heterocycles. The summed E-state index contributed by atoms with van der Waals surface area (Å²) in [6.07, 6.45) is -4.80. The average Bonchev–Trinajstić information content (AvgIpc) is 2.38. The molecule has 0 fully saturated rings. The Morgan fingerprint density at radius 1 is 1.60 bits per heavy atom. The first-order chi connectivity index (χ1) is 9.33. The van der Waals surface area contributed by atoms with Crippen molar-refractivity contribution < 1.29 is 13.2 Å². The van der Waals surface area contributed by atoms with Crippen LogP contribution in [0.4, 0.5) is 13.2 Å². The Balaban J connectivity index is 3.24. The normalized spacial score (nSPS) is 12.1. The van der Waals surface area contributed by atoms with Gasteiger partial charge in [0.15, 0.2) is 0 Å². The van der Waals surface area contributed by atoms with Gasteiger partial charge in [0.1, 0.15) is 11.9 Å². The van der Waals surface area contributed by atoms with Crippen LogP contribution in [-0.2, 0) is 6.18 Å². The van der Waals surface area contributed by atoms with Gasteiger partial charge in [0.25, 0.3) is 0 Å². The molecular formula is C9H9F3N6OS. The molecule has 0 aromatic carbocycles. The van der Waals surface area contributed by atoms with Crippen LogP contribution in [0.25, 0.3) is 0 Å². The highest BCUT2D eigenvalue weighted by Crippen LogP contribution is 2.33. The third-order valence-electron chi connectivity index (χ3n) is 2.10. The van der Waals surface area contributed by atoms with Crippen LogP contribution in [0.5, 0.6) is 0 Å². The minimum Gasteiger partial charge on any atom is -0.322 e. The molecule has 11 heteroatoms. The number of nitrogens with zero attached hydrogens (tertiary/aromatic N) is 2. The van der Waals surface area contributed by atoms with Crippen LogP contribution < -0.4 is 22.7 Å². The van der Waals surface area contributed by atoms with E-state index < -0.39 is 22.9 Å². The lowest BCUT2D eigenvalue weighted by atomic mass is 10.1. The van der Waals surface area contributed by atoms with Crippen LogP contribution in [0.15, 0.2) is 21.0 Å². The number of hydrogen-bond acceptors (Lipinski definition) is 6. The van der Waals surface area contributed by atoms with Crippen LogP contribution in [0, 0.1) is 11.3 Å². The molecule has 0 aliphatic carbocycles. The minimum absolute atomic E-state index is 0.0427. The number of nitriles is 1. The Morgan fingerprint density at radius 3 is 2.70 bits per heavy atom. The number of hydrazone groups is 1. The van der Waals surface area contributed by atoms with E-state index in [1.165, 1.54) is 6.07 Å². The van der Waals surface area contributed by atoms with Crippen molar-refractivity contribution in [2.24, 2.45) is 16.8 Å². The fourth-order valence-electron chi connectivity index (χ4n) is 1.24. The van der Waals surface area contributed by atoms with Crippen LogP contribution >= 0.6 is 11.8 Å². The zero-order chi connectivity index (χ0) is 15.3. The number of pyridine rings is 1. The second-order valence-corrected chi connectivity index (χ2v) is 4.36. The fraction of sp³-hybridized carbons (Fsp3) is 0.222. The summed E-state index contributed by atoms with van der Waals surface area (Å²) in [6.45, 7) is 0. The van der Waals surface area contributed by atoms with E-state index in [1.807, 2.05) is 0 Å². The average molecular weight is 306 g/mol. The number of nitrogens with two attached hydrogens (primary N) is 2. The molecule has 0 unspecified atom stereocenters. The predicted molar refractivity (Wildman–Crippen MR) is 66.4 cm³/mol. The van der Waals surface area contributed by atoms with E-state index in [4.69, 9.17) is 16.9 Å². The van der Waals surface area contributed by atoms with Crippen molar-refractivity contribution in [3.63, 3.8) is 0 Å². The van der Waals surface area contributed by atoms with Crippen molar-refractivity contribution in [1.29, 1.82) is 5.26 Å². The number of halogens is 3. The Bertz CT molecular complexity index is 618. The molecule has 0 saturated carbocycles. The summed E-state index contributed by atoms with van der Waals surface area (Å²) >= 11 is 0.742. The number of aromatic nitrogens is 1. The van der Waals surface area contributed by atoms with Crippen LogP contribution in [-0.4, -0.2) is 16.6 Å². The van der Waals surface area contributed by atoms with Crippen molar-refractivity contribution in [2.75, 3.05) is 5.75 Å². The summed E-state index contributed by atoms with van der Waals surface area (Å²) in [6, 6.07) is 1.76. The quantitative estimate of drug-likeness (QED) is 0.206. The highest BCUT2D eigenvalue weighted by atomic mass is 32.2. The molecule has 7 nitrogen and oxygen atoms in total. The van der Waals surface area contributed by atoms with Gasteiger partial charge in [-0.15, -0.1) is 0 Å². The van der Waals surface area contributed by atoms with Crippen molar-refractivity contribution in [1.82, 2.24) is 10.4 Å². The van der Waals surface area contributed by atoms with Gasteiger partial charge < -0.3 is 16.3 Å². The van der Waals surface area contributed by atoms with E-state index in [-0.39, 0.29) is 16.6 Å². The molecule has 1 aromatic rings. The van der Waals surface area contributed by atoms with Gasteiger partial charge in [-0.3, -0.25) is 4.79 Å². The minimum atomic E-state index is -4.80. The van der Waals surface area contributed by atoms with Gasteiger partial charge in [-0.25, -0.2) is 5.84 Å². The largest absolute Gasteiger partial charge is 0.417 e. The van der Waals surface area contributed by atoms with Crippen molar-refractivity contribution in [3.05, 3.63) is 27.5 Å². The lowest BCUT2D eigenvalue weighted by molar-refractivity contribution is -0.138.